The minimum atomic E-state index is -0.739. The second-order valence-corrected chi connectivity index (χ2v) is 5.03. The van der Waals surface area contributed by atoms with Crippen LogP contribution < -0.4 is 5.32 Å². The van der Waals surface area contributed by atoms with Gasteiger partial charge in [0.1, 0.15) is 0 Å². The number of carboxylic acid groups (broad SMARTS) is 1. The van der Waals surface area contributed by atoms with Gasteiger partial charge in [0, 0.05) is 12.6 Å². The van der Waals surface area contributed by atoms with Crippen LogP contribution in [0.25, 0.3) is 6.08 Å². The molecule has 1 atom stereocenters. The zero-order chi connectivity index (χ0) is 13.5. The molecule has 2 rings (SSSR count). The maximum atomic E-state index is 10.6. The first-order valence-electron chi connectivity index (χ1n) is 6.96. The molecule has 1 fully saturated rings. The molecule has 3 nitrogen and oxygen atoms in total. The number of hydrogen-bond acceptors (Lipinski definition) is 2. The van der Waals surface area contributed by atoms with Crippen molar-refractivity contribution in [2.45, 2.75) is 38.1 Å². The van der Waals surface area contributed by atoms with Crippen LogP contribution in [0.3, 0.4) is 0 Å². The first-order chi connectivity index (χ1) is 9.25. The molecule has 19 heavy (non-hydrogen) atoms. The number of aliphatic carboxylic acids is 1. The van der Waals surface area contributed by atoms with Crippen LogP contribution in [0.1, 0.15) is 37.7 Å². The lowest BCUT2D eigenvalue weighted by Crippen LogP contribution is -2.34. The molecule has 1 aromatic rings. The Balaban J connectivity index is 1.99. The van der Waals surface area contributed by atoms with Crippen LogP contribution in [-0.4, -0.2) is 23.7 Å². The molecule has 0 bridgehead atoms. The lowest BCUT2D eigenvalue weighted by molar-refractivity contribution is -0.136. The molecule has 2 N–H and O–H groups in total. The molecule has 0 aliphatic heterocycles. The van der Waals surface area contributed by atoms with E-state index >= 15 is 0 Å². The standard InChI is InChI=1S/C16H21NO2/c18-16(19)10-11-17-15-9-5-4-8-14(15)12-13-6-2-1-3-7-13/h1-3,6-7,12,15,17H,4-5,8-11H2,(H,18,19)/b14-12+/t15-/m1/s1. The van der Waals surface area contributed by atoms with Gasteiger partial charge in [-0.2, -0.15) is 0 Å². The summed E-state index contributed by atoms with van der Waals surface area (Å²) in [6.45, 7) is 0.548. The average Bonchev–Trinajstić information content (AvgIpc) is 2.41. The molecule has 0 aromatic heterocycles. The van der Waals surface area contributed by atoms with Crippen LogP contribution in [0, 0.1) is 0 Å². The fraction of sp³-hybridized carbons (Fsp3) is 0.438. The maximum absolute atomic E-state index is 10.6. The Bertz CT molecular complexity index is 439. The van der Waals surface area contributed by atoms with Gasteiger partial charge < -0.3 is 10.4 Å². The molecule has 0 saturated heterocycles. The highest BCUT2D eigenvalue weighted by atomic mass is 16.4. The Morgan fingerprint density at radius 3 is 2.84 bits per heavy atom. The van der Waals surface area contributed by atoms with Gasteiger partial charge in [-0.05, 0) is 24.8 Å². The lowest BCUT2D eigenvalue weighted by Gasteiger charge is -2.26. The first kappa shape index (κ1) is 13.8. The van der Waals surface area contributed by atoms with E-state index in [1.165, 1.54) is 24.0 Å². The third kappa shape index (κ3) is 4.52. The van der Waals surface area contributed by atoms with E-state index in [1.54, 1.807) is 0 Å². The molecule has 1 aromatic carbocycles. The van der Waals surface area contributed by atoms with E-state index in [0.717, 1.165) is 12.8 Å². The van der Waals surface area contributed by atoms with Crippen molar-refractivity contribution in [3.63, 3.8) is 0 Å². The molecule has 1 aliphatic rings. The Morgan fingerprint density at radius 1 is 1.32 bits per heavy atom. The summed E-state index contributed by atoms with van der Waals surface area (Å²) in [7, 11) is 0. The second-order valence-electron chi connectivity index (χ2n) is 5.03. The van der Waals surface area contributed by atoms with Gasteiger partial charge >= 0.3 is 5.97 Å². The van der Waals surface area contributed by atoms with Crippen molar-refractivity contribution in [2.75, 3.05) is 6.54 Å². The monoisotopic (exact) mass is 259 g/mol. The second kappa shape index (κ2) is 7.10. The van der Waals surface area contributed by atoms with Gasteiger partial charge in [-0.1, -0.05) is 48.4 Å². The molecule has 0 heterocycles. The zero-order valence-electron chi connectivity index (χ0n) is 11.1. The Labute approximate surface area is 114 Å². The summed E-state index contributed by atoms with van der Waals surface area (Å²) < 4.78 is 0. The predicted octanol–water partition coefficient (Wildman–Crippen LogP) is 3.08. The van der Waals surface area contributed by atoms with Gasteiger partial charge in [0.15, 0.2) is 0 Å². The number of rotatable bonds is 5. The van der Waals surface area contributed by atoms with Crippen LogP contribution in [0.2, 0.25) is 0 Å². The Hall–Kier alpha value is -1.61. The summed E-state index contributed by atoms with van der Waals surface area (Å²) in [4.78, 5) is 10.6. The van der Waals surface area contributed by atoms with Crippen molar-refractivity contribution in [3.05, 3.63) is 41.5 Å². The Kier molecular flexibility index (Phi) is 5.16. The summed E-state index contributed by atoms with van der Waals surface area (Å²) in [5, 5.41) is 12.1. The van der Waals surface area contributed by atoms with Crippen molar-refractivity contribution < 1.29 is 9.90 Å². The lowest BCUT2D eigenvalue weighted by atomic mass is 9.88. The molecule has 0 unspecified atom stereocenters. The number of hydrogen-bond donors (Lipinski definition) is 2. The topological polar surface area (TPSA) is 49.3 Å². The number of benzene rings is 1. The minimum absolute atomic E-state index is 0.190. The van der Waals surface area contributed by atoms with Gasteiger partial charge in [0.05, 0.1) is 6.42 Å². The molecule has 0 spiro atoms. The third-order valence-electron chi connectivity index (χ3n) is 3.54. The number of carboxylic acids is 1. The molecule has 1 aliphatic carbocycles. The highest BCUT2D eigenvalue weighted by Crippen LogP contribution is 2.25. The summed E-state index contributed by atoms with van der Waals surface area (Å²) in [5.74, 6) is -0.739. The Morgan fingerprint density at radius 2 is 2.11 bits per heavy atom. The minimum Gasteiger partial charge on any atom is -0.481 e. The van der Waals surface area contributed by atoms with E-state index in [4.69, 9.17) is 5.11 Å². The van der Waals surface area contributed by atoms with E-state index in [-0.39, 0.29) is 6.42 Å². The molecule has 3 heteroatoms. The maximum Gasteiger partial charge on any atom is 0.304 e. The van der Waals surface area contributed by atoms with Crippen molar-refractivity contribution in [1.29, 1.82) is 0 Å². The van der Waals surface area contributed by atoms with Crippen LogP contribution in [0.15, 0.2) is 35.9 Å². The van der Waals surface area contributed by atoms with Crippen LogP contribution in [0.4, 0.5) is 0 Å². The summed E-state index contributed by atoms with van der Waals surface area (Å²) in [6.07, 6.45) is 7.11. The molecule has 102 valence electrons. The highest BCUT2D eigenvalue weighted by Gasteiger charge is 2.18. The fourth-order valence-corrected chi connectivity index (χ4v) is 2.56. The van der Waals surface area contributed by atoms with Crippen molar-refractivity contribution >= 4 is 12.0 Å². The van der Waals surface area contributed by atoms with Gasteiger partial charge in [0.25, 0.3) is 0 Å². The van der Waals surface area contributed by atoms with Crippen LogP contribution in [0.5, 0.6) is 0 Å². The van der Waals surface area contributed by atoms with E-state index in [0.29, 0.717) is 12.6 Å². The smallest absolute Gasteiger partial charge is 0.304 e. The largest absolute Gasteiger partial charge is 0.481 e. The normalized spacial score (nSPS) is 21.5. The number of nitrogens with one attached hydrogen (secondary N) is 1. The van der Waals surface area contributed by atoms with Crippen molar-refractivity contribution in [1.82, 2.24) is 5.32 Å². The molecule has 1 saturated carbocycles. The van der Waals surface area contributed by atoms with Gasteiger partial charge in [-0.25, -0.2) is 0 Å². The fourth-order valence-electron chi connectivity index (χ4n) is 2.56. The van der Waals surface area contributed by atoms with E-state index in [2.05, 4.69) is 23.5 Å². The summed E-state index contributed by atoms with van der Waals surface area (Å²) >= 11 is 0. The average molecular weight is 259 g/mol. The van der Waals surface area contributed by atoms with Crippen LogP contribution >= 0.6 is 0 Å². The van der Waals surface area contributed by atoms with Gasteiger partial charge in [0.2, 0.25) is 0 Å². The van der Waals surface area contributed by atoms with Crippen LogP contribution in [-0.2, 0) is 4.79 Å². The van der Waals surface area contributed by atoms with E-state index in [1.807, 2.05) is 18.2 Å². The number of carbonyl (C=O) groups is 1. The molecule has 0 radical (unpaired) electrons. The van der Waals surface area contributed by atoms with Crippen molar-refractivity contribution in [2.24, 2.45) is 0 Å². The zero-order valence-corrected chi connectivity index (χ0v) is 11.1. The molecule has 0 amide bonds. The van der Waals surface area contributed by atoms with Crippen molar-refractivity contribution in [3.8, 4) is 0 Å². The highest BCUT2D eigenvalue weighted by molar-refractivity contribution is 5.66. The van der Waals surface area contributed by atoms with E-state index in [9.17, 15) is 4.79 Å². The SMILES string of the molecule is O=C(O)CCN[C@@H]1CCCC/C1=C\c1ccccc1. The third-order valence-corrected chi connectivity index (χ3v) is 3.54. The quantitative estimate of drug-likeness (QED) is 0.854. The molecular weight excluding hydrogens is 238 g/mol. The summed E-state index contributed by atoms with van der Waals surface area (Å²) in [5.41, 5.74) is 2.63. The predicted molar refractivity (Wildman–Crippen MR) is 76.9 cm³/mol. The van der Waals surface area contributed by atoms with Gasteiger partial charge in [-0.15, -0.1) is 0 Å². The van der Waals surface area contributed by atoms with Gasteiger partial charge in [-0.3, -0.25) is 4.79 Å². The van der Waals surface area contributed by atoms with E-state index < -0.39 is 5.97 Å². The molecular formula is C16H21NO2. The first-order valence-corrected chi connectivity index (χ1v) is 6.96. The summed E-state index contributed by atoms with van der Waals surface area (Å²) in [6, 6.07) is 10.7.